The summed E-state index contributed by atoms with van der Waals surface area (Å²) in [4.78, 5) is 30.9. The Balaban J connectivity index is 2.09. The van der Waals surface area contributed by atoms with E-state index in [-0.39, 0.29) is 23.4 Å². The third-order valence-electron chi connectivity index (χ3n) is 3.50. The first-order valence-electron chi connectivity index (χ1n) is 6.43. The van der Waals surface area contributed by atoms with Crippen LogP contribution >= 0.6 is 11.8 Å². The van der Waals surface area contributed by atoms with E-state index in [2.05, 4.69) is 15.3 Å². The van der Waals surface area contributed by atoms with Gasteiger partial charge in [0.2, 0.25) is 5.91 Å². The van der Waals surface area contributed by atoms with E-state index in [1.165, 1.54) is 17.8 Å². The van der Waals surface area contributed by atoms with Crippen LogP contribution in [0.4, 0.5) is 14.6 Å². The summed E-state index contributed by atoms with van der Waals surface area (Å²) in [7, 11) is 0. The molecule has 1 unspecified atom stereocenters. The Morgan fingerprint density at radius 2 is 1.95 bits per heavy atom. The molecular weight excluding hydrogens is 312 g/mol. The number of aromatic nitrogens is 2. The van der Waals surface area contributed by atoms with Crippen molar-refractivity contribution < 1.29 is 13.6 Å². The van der Waals surface area contributed by atoms with E-state index in [0.29, 0.717) is 5.16 Å². The second-order valence-corrected chi connectivity index (χ2v) is 5.58. The van der Waals surface area contributed by atoms with Gasteiger partial charge in [0.25, 0.3) is 5.56 Å². The number of benzene rings is 1. The van der Waals surface area contributed by atoms with Crippen LogP contribution in [0, 0.1) is 11.6 Å². The average Bonchev–Trinajstić information content (AvgIpc) is 2.47. The maximum Gasteiger partial charge on any atom is 0.256 e. The van der Waals surface area contributed by atoms with Crippen LogP contribution in [0.25, 0.3) is 0 Å². The van der Waals surface area contributed by atoms with Crippen molar-refractivity contribution in [2.24, 2.45) is 0 Å². The molecule has 0 radical (unpaired) electrons. The molecule has 3 rings (SSSR count). The Hall–Kier alpha value is -2.22. The number of aromatic amines is 1. The molecule has 2 N–H and O–H groups in total. The number of nitrogens with zero attached hydrogens (tertiary/aromatic N) is 1. The first kappa shape index (κ1) is 14.7. The molecule has 1 aliphatic rings. The molecule has 5 nitrogen and oxygen atoms in total. The van der Waals surface area contributed by atoms with Gasteiger partial charge in [-0.15, -0.1) is 0 Å². The second kappa shape index (κ2) is 5.53. The Kier molecular flexibility index (Phi) is 3.69. The number of halogens is 2. The van der Waals surface area contributed by atoms with Gasteiger partial charge in [0, 0.05) is 5.56 Å². The second-order valence-electron chi connectivity index (χ2n) is 4.78. The normalized spacial score (nSPS) is 17.0. The molecule has 2 heterocycles. The van der Waals surface area contributed by atoms with Crippen LogP contribution in [0.15, 0.2) is 28.2 Å². The van der Waals surface area contributed by atoms with Gasteiger partial charge in [-0.05, 0) is 24.8 Å². The number of fused-ring (bicyclic) bond motifs is 1. The summed E-state index contributed by atoms with van der Waals surface area (Å²) in [6.07, 6.45) is 1.63. The minimum absolute atomic E-state index is 0.101. The van der Waals surface area contributed by atoms with E-state index in [0.717, 1.165) is 12.1 Å². The van der Waals surface area contributed by atoms with Crippen molar-refractivity contribution in [3.63, 3.8) is 0 Å². The largest absolute Gasteiger partial charge is 0.310 e. The van der Waals surface area contributed by atoms with Crippen molar-refractivity contribution in [1.29, 1.82) is 0 Å². The number of hydrogen-bond acceptors (Lipinski definition) is 4. The van der Waals surface area contributed by atoms with Gasteiger partial charge >= 0.3 is 0 Å². The fourth-order valence-corrected chi connectivity index (χ4v) is 2.82. The van der Waals surface area contributed by atoms with E-state index >= 15 is 0 Å². The monoisotopic (exact) mass is 323 g/mol. The Morgan fingerprint density at radius 1 is 1.27 bits per heavy atom. The van der Waals surface area contributed by atoms with Gasteiger partial charge in [-0.1, -0.05) is 17.8 Å². The van der Waals surface area contributed by atoms with Crippen molar-refractivity contribution in [2.75, 3.05) is 11.6 Å². The van der Waals surface area contributed by atoms with Crippen molar-refractivity contribution in [2.45, 2.75) is 17.5 Å². The highest BCUT2D eigenvalue weighted by Gasteiger charge is 2.34. The average molecular weight is 323 g/mol. The molecule has 0 bridgehead atoms. The van der Waals surface area contributed by atoms with Crippen molar-refractivity contribution in [3.8, 4) is 0 Å². The van der Waals surface area contributed by atoms with Gasteiger partial charge < -0.3 is 10.3 Å². The predicted molar refractivity (Wildman–Crippen MR) is 78.1 cm³/mol. The molecule has 0 fully saturated rings. The zero-order chi connectivity index (χ0) is 15.9. The maximum absolute atomic E-state index is 13.9. The number of hydrogen-bond donors (Lipinski definition) is 2. The third kappa shape index (κ3) is 2.39. The molecule has 1 aliphatic heterocycles. The Morgan fingerprint density at radius 3 is 2.59 bits per heavy atom. The van der Waals surface area contributed by atoms with Gasteiger partial charge in [-0.25, -0.2) is 13.8 Å². The molecule has 8 heteroatoms. The Labute approximate surface area is 128 Å². The highest BCUT2D eigenvalue weighted by Crippen LogP contribution is 2.32. The Bertz CT molecular complexity index is 802. The minimum atomic E-state index is -1.10. The van der Waals surface area contributed by atoms with Crippen LogP contribution in [-0.4, -0.2) is 22.1 Å². The van der Waals surface area contributed by atoms with Crippen molar-refractivity contribution in [1.82, 2.24) is 9.97 Å². The number of nitrogens with one attached hydrogen (secondary N) is 2. The fraction of sp³-hybridized carbons (Fsp3) is 0.214. The summed E-state index contributed by atoms with van der Waals surface area (Å²) in [6.45, 7) is 0. The van der Waals surface area contributed by atoms with Gasteiger partial charge in [-0.2, -0.15) is 0 Å². The molecule has 0 spiro atoms. The highest BCUT2D eigenvalue weighted by atomic mass is 32.2. The molecule has 1 aromatic carbocycles. The van der Waals surface area contributed by atoms with E-state index in [4.69, 9.17) is 0 Å². The minimum Gasteiger partial charge on any atom is -0.310 e. The van der Waals surface area contributed by atoms with Crippen LogP contribution in [0.5, 0.6) is 0 Å². The van der Waals surface area contributed by atoms with Crippen LogP contribution in [0.1, 0.15) is 17.0 Å². The van der Waals surface area contributed by atoms with Gasteiger partial charge in [0.15, 0.2) is 5.16 Å². The molecule has 1 atom stereocenters. The van der Waals surface area contributed by atoms with E-state index in [9.17, 15) is 18.4 Å². The summed E-state index contributed by atoms with van der Waals surface area (Å²) < 4.78 is 27.8. The number of carbonyl (C=O) groups excluding carboxylic acids is 1. The number of H-pyrrole nitrogens is 1. The summed E-state index contributed by atoms with van der Waals surface area (Å²) in [5.74, 6) is -3.16. The van der Waals surface area contributed by atoms with E-state index in [1.54, 1.807) is 6.26 Å². The lowest BCUT2D eigenvalue weighted by atomic mass is 9.88. The molecule has 2 aromatic rings. The van der Waals surface area contributed by atoms with Crippen molar-refractivity contribution in [3.05, 3.63) is 51.3 Å². The number of carbonyl (C=O) groups is 1. The van der Waals surface area contributed by atoms with Crippen LogP contribution in [-0.2, 0) is 11.2 Å². The summed E-state index contributed by atoms with van der Waals surface area (Å²) in [5.41, 5.74) is -0.542. The summed E-state index contributed by atoms with van der Waals surface area (Å²) >= 11 is 1.22. The summed E-state index contributed by atoms with van der Waals surface area (Å²) in [6, 6.07) is 3.39. The molecule has 1 aromatic heterocycles. The number of anilines is 1. The SMILES string of the molecule is CSc1nc2c(c(=O)[nH]1)CC(c1c(F)cccc1F)C(=O)N2. The number of rotatable bonds is 2. The molecule has 0 aliphatic carbocycles. The highest BCUT2D eigenvalue weighted by molar-refractivity contribution is 7.98. The van der Waals surface area contributed by atoms with Gasteiger partial charge in [0.1, 0.15) is 17.5 Å². The van der Waals surface area contributed by atoms with Gasteiger partial charge in [-0.3, -0.25) is 9.59 Å². The zero-order valence-electron chi connectivity index (χ0n) is 11.4. The zero-order valence-corrected chi connectivity index (χ0v) is 12.3. The standard InChI is InChI=1S/C14H11F2N3O2S/c1-22-14-18-11-7(13(21)19-14)5-6(12(20)17-11)10-8(15)3-2-4-9(10)16/h2-4,6H,5H2,1H3,(H2,17,18,19,20,21). The first-order chi connectivity index (χ1) is 10.5. The van der Waals surface area contributed by atoms with E-state index in [1.807, 2.05) is 0 Å². The topological polar surface area (TPSA) is 74.8 Å². The molecule has 22 heavy (non-hydrogen) atoms. The number of thioether (sulfide) groups is 1. The predicted octanol–water partition coefficient (Wildman–Crippen LogP) is 2.05. The quantitative estimate of drug-likeness (QED) is 0.655. The summed E-state index contributed by atoms with van der Waals surface area (Å²) in [5, 5.41) is 2.82. The maximum atomic E-state index is 13.9. The molecule has 0 saturated heterocycles. The van der Waals surface area contributed by atoms with Crippen LogP contribution in [0.3, 0.4) is 0 Å². The lowest BCUT2D eigenvalue weighted by Gasteiger charge is -2.24. The third-order valence-corrected chi connectivity index (χ3v) is 4.08. The van der Waals surface area contributed by atoms with Crippen molar-refractivity contribution >= 4 is 23.5 Å². The lowest BCUT2D eigenvalue weighted by Crippen LogP contribution is -2.34. The molecular formula is C14H11F2N3O2S. The first-order valence-corrected chi connectivity index (χ1v) is 7.65. The lowest BCUT2D eigenvalue weighted by molar-refractivity contribution is -0.118. The molecule has 114 valence electrons. The molecule has 1 amide bonds. The van der Waals surface area contributed by atoms with Crippen LogP contribution < -0.4 is 10.9 Å². The van der Waals surface area contributed by atoms with Gasteiger partial charge in [0.05, 0.1) is 11.5 Å². The number of amides is 1. The fourth-order valence-electron chi connectivity index (χ4n) is 2.44. The van der Waals surface area contributed by atoms with E-state index < -0.39 is 29.0 Å². The smallest absolute Gasteiger partial charge is 0.256 e. The molecule has 0 saturated carbocycles. The van der Waals surface area contributed by atoms with Crippen LogP contribution in [0.2, 0.25) is 0 Å².